The van der Waals surface area contributed by atoms with Gasteiger partial charge < -0.3 is 35.0 Å². The van der Waals surface area contributed by atoms with Gasteiger partial charge in [0.25, 0.3) is 0 Å². The van der Waals surface area contributed by atoms with Crippen LogP contribution in [0.1, 0.15) is 0 Å². The van der Waals surface area contributed by atoms with Gasteiger partial charge in [-0.2, -0.15) is 0 Å². The van der Waals surface area contributed by atoms with Crippen LogP contribution in [-0.2, 0) is 19.1 Å². The van der Waals surface area contributed by atoms with Gasteiger partial charge in [0.05, 0.1) is 26.4 Å². The first-order valence-corrected chi connectivity index (χ1v) is 4.88. The minimum Gasteiger partial charge on any atom is -0.479 e. The number of carboxylic acid groups (broad SMARTS) is 2. The zero-order chi connectivity index (χ0) is 14.6. The molecule has 0 aliphatic heterocycles. The number of aliphatic hydroxyl groups excluding tert-OH is 3. The van der Waals surface area contributed by atoms with Crippen molar-refractivity contribution < 1.29 is 44.6 Å². The second kappa shape index (κ2) is 12.2. The van der Waals surface area contributed by atoms with Gasteiger partial charge in [-0.15, -0.1) is 0 Å². The van der Waals surface area contributed by atoms with E-state index in [4.69, 9.17) is 25.5 Å². The fraction of sp³-hybridized carbons (Fsp3) is 0.778. The molecule has 9 heteroatoms. The van der Waals surface area contributed by atoms with Gasteiger partial charge in [-0.25, -0.2) is 9.59 Å². The standard InChI is InChI=1S/C5H8O6.C4H10O3/c1-11-3(5(9)10)2(6)4(7)8;5-1-3-7-4-2-6/h2-3,6H,1H3,(H,7,8)(H,9,10);5-6H,1-4H2. The molecule has 0 fully saturated rings. The molecule has 0 rings (SSSR count). The minimum absolute atomic E-state index is 0.0278. The molecule has 18 heavy (non-hydrogen) atoms. The van der Waals surface area contributed by atoms with Crippen molar-refractivity contribution in [2.45, 2.75) is 12.2 Å². The highest BCUT2D eigenvalue weighted by atomic mass is 16.5. The van der Waals surface area contributed by atoms with Crippen molar-refractivity contribution in [1.29, 1.82) is 0 Å². The third-order valence-electron chi connectivity index (χ3n) is 1.51. The molecule has 0 aliphatic carbocycles. The molecule has 108 valence electrons. The smallest absolute Gasteiger partial charge is 0.336 e. The van der Waals surface area contributed by atoms with E-state index >= 15 is 0 Å². The first kappa shape index (κ1) is 19.1. The maximum atomic E-state index is 10.1. The van der Waals surface area contributed by atoms with E-state index in [9.17, 15) is 9.59 Å². The molecule has 0 amide bonds. The second-order valence-electron chi connectivity index (χ2n) is 2.84. The Hall–Kier alpha value is -1.26. The molecular weight excluding hydrogens is 252 g/mol. The third kappa shape index (κ3) is 9.93. The molecule has 2 atom stereocenters. The van der Waals surface area contributed by atoms with E-state index in [1.165, 1.54) is 0 Å². The van der Waals surface area contributed by atoms with Gasteiger partial charge in [0, 0.05) is 7.11 Å². The summed E-state index contributed by atoms with van der Waals surface area (Å²) in [4.78, 5) is 20.1. The zero-order valence-corrected chi connectivity index (χ0v) is 9.85. The minimum atomic E-state index is -2.03. The number of hydrogen-bond donors (Lipinski definition) is 5. The molecule has 0 aromatic heterocycles. The van der Waals surface area contributed by atoms with Gasteiger partial charge >= 0.3 is 11.9 Å². The number of aliphatic hydroxyl groups is 3. The summed E-state index contributed by atoms with van der Waals surface area (Å²) in [6.45, 7) is 0.696. The zero-order valence-electron chi connectivity index (χ0n) is 9.85. The van der Waals surface area contributed by atoms with Crippen LogP contribution in [0.2, 0.25) is 0 Å². The molecule has 0 bridgehead atoms. The van der Waals surface area contributed by atoms with E-state index in [1.54, 1.807) is 0 Å². The van der Waals surface area contributed by atoms with Crippen molar-refractivity contribution >= 4 is 11.9 Å². The molecule has 0 aliphatic rings. The number of rotatable bonds is 8. The van der Waals surface area contributed by atoms with Gasteiger partial charge in [-0.3, -0.25) is 0 Å². The van der Waals surface area contributed by atoms with E-state index in [0.29, 0.717) is 13.2 Å². The number of methoxy groups -OCH3 is 1. The summed E-state index contributed by atoms with van der Waals surface area (Å²) in [6, 6.07) is 0. The van der Waals surface area contributed by atoms with Gasteiger partial charge in [-0.05, 0) is 0 Å². The monoisotopic (exact) mass is 270 g/mol. The maximum Gasteiger partial charge on any atom is 0.336 e. The lowest BCUT2D eigenvalue weighted by Gasteiger charge is -2.12. The van der Waals surface area contributed by atoms with Crippen LogP contribution in [0.5, 0.6) is 0 Å². The van der Waals surface area contributed by atoms with Crippen molar-refractivity contribution in [3.05, 3.63) is 0 Å². The quantitative estimate of drug-likeness (QED) is 0.301. The largest absolute Gasteiger partial charge is 0.479 e. The van der Waals surface area contributed by atoms with Crippen LogP contribution in [0.4, 0.5) is 0 Å². The van der Waals surface area contributed by atoms with Crippen molar-refractivity contribution in [3.8, 4) is 0 Å². The van der Waals surface area contributed by atoms with Gasteiger partial charge in [0.1, 0.15) is 0 Å². The fourth-order valence-electron chi connectivity index (χ4n) is 0.725. The number of carbonyl (C=O) groups is 2. The summed E-state index contributed by atoms with van der Waals surface area (Å²) in [5.41, 5.74) is 0. The summed E-state index contributed by atoms with van der Waals surface area (Å²) >= 11 is 0. The summed E-state index contributed by atoms with van der Waals surface area (Å²) in [5, 5.41) is 41.2. The highest BCUT2D eigenvalue weighted by Gasteiger charge is 2.31. The Labute approximate surface area is 103 Å². The predicted octanol–water partition coefficient (Wildman–Crippen LogP) is -2.48. The molecule has 0 radical (unpaired) electrons. The van der Waals surface area contributed by atoms with E-state index in [1.807, 2.05) is 0 Å². The topological polar surface area (TPSA) is 154 Å². The van der Waals surface area contributed by atoms with Gasteiger partial charge in [-0.1, -0.05) is 0 Å². The molecule has 5 N–H and O–H groups in total. The van der Waals surface area contributed by atoms with Crippen LogP contribution in [0.15, 0.2) is 0 Å². The molecule has 0 spiro atoms. The average Bonchev–Trinajstić information content (AvgIpc) is 2.30. The Morgan fingerprint density at radius 1 is 1.06 bits per heavy atom. The predicted molar refractivity (Wildman–Crippen MR) is 57.1 cm³/mol. The summed E-state index contributed by atoms with van der Waals surface area (Å²) in [6.07, 6.45) is -3.75. The van der Waals surface area contributed by atoms with Crippen molar-refractivity contribution in [2.75, 3.05) is 33.5 Å². The summed E-state index contributed by atoms with van der Waals surface area (Å²) in [5.74, 6) is -3.14. The SMILES string of the molecule is COC(C(=O)O)C(O)C(=O)O.OCCOCCO. The highest BCUT2D eigenvalue weighted by molar-refractivity contribution is 5.83. The molecule has 0 saturated carbocycles. The Morgan fingerprint density at radius 3 is 1.67 bits per heavy atom. The van der Waals surface area contributed by atoms with Gasteiger partial charge in [0.15, 0.2) is 12.2 Å². The first-order valence-electron chi connectivity index (χ1n) is 4.88. The summed E-state index contributed by atoms with van der Waals surface area (Å²) < 4.78 is 8.84. The Bertz CT molecular complexity index is 226. The van der Waals surface area contributed by atoms with E-state index in [0.717, 1.165) is 7.11 Å². The highest BCUT2D eigenvalue weighted by Crippen LogP contribution is 1.98. The van der Waals surface area contributed by atoms with Crippen molar-refractivity contribution in [2.24, 2.45) is 0 Å². The van der Waals surface area contributed by atoms with Crippen LogP contribution < -0.4 is 0 Å². The Balaban J connectivity index is 0. The summed E-state index contributed by atoms with van der Waals surface area (Å²) in [7, 11) is 1.00. The van der Waals surface area contributed by atoms with Gasteiger partial charge in [0.2, 0.25) is 0 Å². The molecule has 0 saturated heterocycles. The van der Waals surface area contributed by atoms with E-state index in [-0.39, 0.29) is 13.2 Å². The van der Waals surface area contributed by atoms with Crippen LogP contribution in [0.25, 0.3) is 0 Å². The number of hydrogen-bond acceptors (Lipinski definition) is 7. The van der Waals surface area contributed by atoms with Crippen molar-refractivity contribution in [3.63, 3.8) is 0 Å². The van der Waals surface area contributed by atoms with E-state index < -0.39 is 24.1 Å². The average molecular weight is 270 g/mol. The molecule has 0 heterocycles. The third-order valence-corrected chi connectivity index (χ3v) is 1.51. The molecule has 9 nitrogen and oxygen atoms in total. The fourth-order valence-corrected chi connectivity index (χ4v) is 0.725. The number of carboxylic acids is 2. The lowest BCUT2D eigenvalue weighted by atomic mass is 10.2. The first-order chi connectivity index (χ1) is 8.42. The Morgan fingerprint density at radius 2 is 1.50 bits per heavy atom. The Kier molecular flexibility index (Phi) is 12.9. The molecule has 0 aromatic carbocycles. The second-order valence-corrected chi connectivity index (χ2v) is 2.84. The number of ether oxygens (including phenoxy) is 2. The van der Waals surface area contributed by atoms with Crippen LogP contribution in [-0.4, -0.2) is 83.2 Å². The molecular formula is C9H18O9. The van der Waals surface area contributed by atoms with Crippen LogP contribution >= 0.6 is 0 Å². The maximum absolute atomic E-state index is 10.1. The normalized spacial score (nSPS) is 13.1. The van der Waals surface area contributed by atoms with Crippen LogP contribution in [0, 0.1) is 0 Å². The number of aliphatic carboxylic acids is 2. The lowest BCUT2D eigenvalue weighted by molar-refractivity contribution is -0.168. The molecule has 0 aromatic rings. The molecule has 2 unspecified atom stereocenters. The van der Waals surface area contributed by atoms with E-state index in [2.05, 4.69) is 9.47 Å². The lowest BCUT2D eigenvalue weighted by Crippen LogP contribution is -2.40. The van der Waals surface area contributed by atoms with Crippen molar-refractivity contribution in [1.82, 2.24) is 0 Å². The van der Waals surface area contributed by atoms with Crippen LogP contribution in [0.3, 0.4) is 0 Å².